The van der Waals surface area contributed by atoms with Crippen LogP contribution in [0.3, 0.4) is 0 Å². The molecule has 0 unspecified atom stereocenters. The molecule has 0 radical (unpaired) electrons. The molecule has 3 rings (SSSR count). The predicted octanol–water partition coefficient (Wildman–Crippen LogP) is 2.21. The molecule has 8 nitrogen and oxygen atoms in total. The molecule has 0 aliphatic rings. The standard InChI is InChI=1S/C17H21N5O3S.2ClH/c1-21(2)7-8-22-13-9-11(3-4-14(13)25-17(22)24)19-16(23)12-10-26-15(20-12)5-6-18;;/h3-4,9-10H,5-8,18H2,1-2H3,(H,19,23);2*1H. The zero-order chi connectivity index (χ0) is 18.7. The van der Waals surface area contributed by atoms with Crippen LogP contribution in [0.5, 0.6) is 0 Å². The zero-order valence-corrected chi connectivity index (χ0v) is 18.0. The lowest BCUT2D eigenvalue weighted by Gasteiger charge is -2.09. The third kappa shape index (κ3) is 5.55. The summed E-state index contributed by atoms with van der Waals surface area (Å²) in [6.45, 7) is 1.70. The quantitative estimate of drug-likeness (QED) is 0.574. The normalized spacial score (nSPS) is 10.6. The van der Waals surface area contributed by atoms with Crippen LogP contribution < -0.4 is 16.8 Å². The van der Waals surface area contributed by atoms with Crippen LogP contribution in [0, 0.1) is 0 Å². The van der Waals surface area contributed by atoms with Crippen LogP contribution in [0.4, 0.5) is 5.69 Å². The second-order valence-electron chi connectivity index (χ2n) is 6.12. The molecule has 11 heteroatoms. The summed E-state index contributed by atoms with van der Waals surface area (Å²) in [5, 5.41) is 5.36. The number of anilines is 1. The number of nitrogens with one attached hydrogen (secondary N) is 1. The summed E-state index contributed by atoms with van der Waals surface area (Å²) in [6, 6.07) is 5.12. The smallest absolute Gasteiger partial charge is 0.408 e. The highest BCUT2D eigenvalue weighted by Gasteiger charge is 2.14. The number of amides is 1. The van der Waals surface area contributed by atoms with Crippen LogP contribution in [-0.2, 0) is 13.0 Å². The molecular weight excluding hydrogens is 425 g/mol. The lowest BCUT2D eigenvalue weighted by atomic mass is 10.2. The van der Waals surface area contributed by atoms with Gasteiger partial charge in [-0.15, -0.1) is 36.2 Å². The van der Waals surface area contributed by atoms with E-state index in [4.69, 9.17) is 10.2 Å². The first-order valence-corrected chi connectivity index (χ1v) is 9.10. The van der Waals surface area contributed by atoms with Gasteiger partial charge in [0, 0.05) is 30.6 Å². The minimum atomic E-state index is -0.406. The predicted molar refractivity (Wildman–Crippen MR) is 116 cm³/mol. The van der Waals surface area contributed by atoms with E-state index in [1.165, 1.54) is 11.3 Å². The molecule has 2 aromatic heterocycles. The van der Waals surface area contributed by atoms with Crippen molar-refractivity contribution in [2.45, 2.75) is 13.0 Å². The highest BCUT2D eigenvalue weighted by molar-refractivity contribution is 7.09. The number of likely N-dealkylation sites (N-methyl/N-ethyl adjacent to an activating group) is 1. The van der Waals surface area contributed by atoms with E-state index in [2.05, 4.69) is 10.3 Å². The Labute approximate surface area is 178 Å². The summed E-state index contributed by atoms with van der Waals surface area (Å²) in [5.74, 6) is -0.703. The van der Waals surface area contributed by atoms with Crippen molar-refractivity contribution >= 4 is 58.8 Å². The molecule has 0 saturated carbocycles. The Hall–Kier alpha value is -1.91. The van der Waals surface area contributed by atoms with Crippen molar-refractivity contribution in [3.8, 4) is 0 Å². The van der Waals surface area contributed by atoms with Crippen LogP contribution in [0.1, 0.15) is 15.5 Å². The summed E-state index contributed by atoms with van der Waals surface area (Å²) in [6.07, 6.45) is 0.650. The van der Waals surface area contributed by atoms with E-state index in [9.17, 15) is 9.59 Å². The van der Waals surface area contributed by atoms with Crippen molar-refractivity contribution in [1.29, 1.82) is 0 Å². The Bertz CT molecular complexity index is 983. The number of hydrogen-bond donors (Lipinski definition) is 2. The van der Waals surface area contributed by atoms with Crippen LogP contribution in [-0.4, -0.2) is 47.5 Å². The summed E-state index contributed by atoms with van der Waals surface area (Å²) >= 11 is 1.41. The van der Waals surface area contributed by atoms with Gasteiger partial charge in [0.15, 0.2) is 5.58 Å². The molecular formula is C17H23Cl2N5O3S. The van der Waals surface area contributed by atoms with Crippen LogP contribution in [0.25, 0.3) is 11.1 Å². The number of benzene rings is 1. The SMILES string of the molecule is CN(C)CCn1c(=O)oc2ccc(NC(=O)c3csc(CCN)n3)cc21.Cl.Cl. The first-order chi connectivity index (χ1) is 12.5. The molecule has 0 aliphatic heterocycles. The second-order valence-corrected chi connectivity index (χ2v) is 7.07. The average Bonchev–Trinajstić information content (AvgIpc) is 3.17. The zero-order valence-electron chi connectivity index (χ0n) is 15.5. The third-order valence-corrected chi connectivity index (χ3v) is 4.75. The summed E-state index contributed by atoms with van der Waals surface area (Å²) in [5.41, 5.74) is 7.59. The van der Waals surface area contributed by atoms with Gasteiger partial charge < -0.3 is 20.4 Å². The lowest BCUT2D eigenvalue weighted by Crippen LogP contribution is -2.23. The van der Waals surface area contributed by atoms with Gasteiger partial charge in [0.05, 0.1) is 10.5 Å². The molecule has 0 saturated heterocycles. The number of oxazole rings is 1. The van der Waals surface area contributed by atoms with Crippen molar-refractivity contribution in [3.63, 3.8) is 0 Å². The summed E-state index contributed by atoms with van der Waals surface area (Å²) in [4.78, 5) is 30.7. The van der Waals surface area contributed by atoms with Crippen LogP contribution in [0.15, 0.2) is 32.8 Å². The van der Waals surface area contributed by atoms with E-state index < -0.39 is 5.76 Å². The van der Waals surface area contributed by atoms with Gasteiger partial charge in [0.2, 0.25) is 0 Å². The Morgan fingerprint density at radius 3 is 2.79 bits per heavy atom. The number of fused-ring (bicyclic) bond motifs is 1. The Morgan fingerprint density at radius 1 is 1.36 bits per heavy atom. The van der Waals surface area contributed by atoms with E-state index in [0.29, 0.717) is 48.5 Å². The van der Waals surface area contributed by atoms with E-state index >= 15 is 0 Å². The lowest BCUT2D eigenvalue weighted by molar-refractivity contribution is 0.102. The summed E-state index contributed by atoms with van der Waals surface area (Å²) in [7, 11) is 3.87. The van der Waals surface area contributed by atoms with Gasteiger partial charge in [0.1, 0.15) is 5.69 Å². The first-order valence-electron chi connectivity index (χ1n) is 8.22. The van der Waals surface area contributed by atoms with Crippen molar-refractivity contribution < 1.29 is 9.21 Å². The molecule has 3 N–H and O–H groups in total. The monoisotopic (exact) mass is 447 g/mol. The summed E-state index contributed by atoms with van der Waals surface area (Å²) < 4.78 is 6.82. The molecule has 0 spiro atoms. The van der Waals surface area contributed by atoms with E-state index in [1.54, 1.807) is 28.1 Å². The largest absolute Gasteiger partial charge is 0.419 e. The van der Waals surface area contributed by atoms with Gasteiger partial charge >= 0.3 is 5.76 Å². The van der Waals surface area contributed by atoms with Gasteiger partial charge in [-0.3, -0.25) is 9.36 Å². The minimum absolute atomic E-state index is 0. The Morgan fingerprint density at radius 2 is 2.11 bits per heavy atom. The molecule has 28 heavy (non-hydrogen) atoms. The third-order valence-electron chi connectivity index (χ3n) is 3.84. The molecule has 0 bridgehead atoms. The molecule has 1 amide bonds. The van der Waals surface area contributed by atoms with Crippen molar-refractivity contribution in [1.82, 2.24) is 14.5 Å². The fraction of sp³-hybridized carbons (Fsp3) is 0.353. The number of nitrogens with two attached hydrogens (primary N) is 1. The van der Waals surface area contributed by atoms with Gasteiger partial charge in [-0.1, -0.05) is 0 Å². The number of carbonyl (C=O) groups excluding carboxylic acids is 1. The maximum Gasteiger partial charge on any atom is 0.419 e. The molecule has 154 valence electrons. The van der Waals surface area contributed by atoms with Crippen molar-refractivity contribution in [2.75, 3.05) is 32.5 Å². The maximum absolute atomic E-state index is 12.4. The second kappa shape index (κ2) is 10.6. The average molecular weight is 448 g/mol. The number of rotatable bonds is 7. The fourth-order valence-electron chi connectivity index (χ4n) is 2.50. The van der Waals surface area contributed by atoms with Gasteiger partial charge in [-0.25, -0.2) is 9.78 Å². The number of hydrogen-bond acceptors (Lipinski definition) is 7. The molecule has 1 aromatic carbocycles. The van der Waals surface area contributed by atoms with Crippen molar-refractivity contribution in [3.05, 3.63) is 44.8 Å². The molecule has 0 fully saturated rings. The fourth-order valence-corrected chi connectivity index (χ4v) is 3.29. The van der Waals surface area contributed by atoms with E-state index in [-0.39, 0.29) is 30.7 Å². The van der Waals surface area contributed by atoms with E-state index in [0.717, 1.165) is 5.01 Å². The molecule has 0 atom stereocenters. The molecule has 3 aromatic rings. The number of halogens is 2. The van der Waals surface area contributed by atoms with Crippen LogP contribution >= 0.6 is 36.2 Å². The Balaban J connectivity index is 0.00000196. The maximum atomic E-state index is 12.4. The van der Waals surface area contributed by atoms with E-state index in [1.807, 2.05) is 19.0 Å². The number of carbonyl (C=O) groups is 1. The van der Waals surface area contributed by atoms with Gasteiger partial charge in [0.25, 0.3) is 5.91 Å². The minimum Gasteiger partial charge on any atom is -0.408 e. The topological polar surface area (TPSA) is 106 Å². The molecule has 2 heterocycles. The van der Waals surface area contributed by atoms with Gasteiger partial charge in [-0.05, 0) is 38.8 Å². The highest BCUT2D eigenvalue weighted by Crippen LogP contribution is 2.20. The number of nitrogens with zero attached hydrogens (tertiary/aromatic N) is 3. The number of aromatic nitrogens is 2. The van der Waals surface area contributed by atoms with Gasteiger partial charge in [-0.2, -0.15) is 0 Å². The first kappa shape index (κ1) is 24.1. The van der Waals surface area contributed by atoms with Crippen molar-refractivity contribution in [2.24, 2.45) is 5.73 Å². The Kier molecular flexibility index (Phi) is 9.12. The molecule has 0 aliphatic carbocycles. The highest BCUT2D eigenvalue weighted by atomic mass is 35.5. The van der Waals surface area contributed by atoms with Crippen LogP contribution in [0.2, 0.25) is 0 Å². The number of thiazole rings is 1.